The minimum Gasteiger partial charge on any atom is -0.339 e. The number of nitrogens with one attached hydrogen (secondary N) is 1. The van der Waals surface area contributed by atoms with Crippen molar-refractivity contribution < 1.29 is 17.3 Å². The lowest BCUT2D eigenvalue weighted by molar-refractivity contribution is 0.305. The maximum absolute atomic E-state index is 15.4. The van der Waals surface area contributed by atoms with Crippen molar-refractivity contribution in [2.24, 2.45) is 0 Å². The van der Waals surface area contributed by atoms with Crippen LogP contribution in [-0.4, -0.2) is 39.4 Å². The standard InChI is InChI=1S/C22H25FN6O3S/c23-19-9-15(21-26-22(32-27-21)14-6-7-14)8-18(13-4-5-13)20(19)33(30,31)28-16-2-1-3-17(10-16)29-11-24-25-12-29/h8-9,11-14,16-17,28H,1-7,10H2. The van der Waals surface area contributed by atoms with Crippen LogP contribution in [0.25, 0.3) is 11.4 Å². The van der Waals surface area contributed by atoms with Gasteiger partial charge in [-0.25, -0.2) is 17.5 Å². The highest BCUT2D eigenvalue weighted by atomic mass is 32.2. The summed E-state index contributed by atoms with van der Waals surface area (Å²) in [4.78, 5) is 4.16. The predicted octanol–water partition coefficient (Wildman–Crippen LogP) is 3.68. The average molecular weight is 473 g/mol. The lowest BCUT2D eigenvalue weighted by atomic mass is 9.91. The first kappa shape index (κ1) is 20.9. The fourth-order valence-corrected chi connectivity index (χ4v) is 6.41. The van der Waals surface area contributed by atoms with E-state index in [4.69, 9.17) is 4.52 Å². The van der Waals surface area contributed by atoms with Crippen LogP contribution in [0.3, 0.4) is 0 Å². The van der Waals surface area contributed by atoms with Crippen LogP contribution in [0.5, 0.6) is 0 Å². The molecule has 33 heavy (non-hydrogen) atoms. The summed E-state index contributed by atoms with van der Waals surface area (Å²) in [6, 6.07) is 2.77. The molecule has 6 rings (SSSR count). The summed E-state index contributed by atoms with van der Waals surface area (Å²) in [6.45, 7) is 0. The number of hydrogen-bond acceptors (Lipinski definition) is 7. The van der Waals surface area contributed by atoms with Gasteiger partial charge in [0.2, 0.25) is 21.7 Å². The zero-order valence-corrected chi connectivity index (χ0v) is 18.8. The molecular weight excluding hydrogens is 447 g/mol. The Morgan fingerprint density at radius 3 is 2.52 bits per heavy atom. The molecule has 3 fully saturated rings. The molecule has 3 saturated carbocycles. The van der Waals surface area contributed by atoms with Crippen molar-refractivity contribution in [3.05, 3.63) is 42.1 Å². The summed E-state index contributed by atoms with van der Waals surface area (Å²) >= 11 is 0. The van der Waals surface area contributed by atoms with Crippen LogP contribution in [-0.2, 0) is 10.0 Å². The molecule has 0 spiro atoms. The third-order valence-electron chi connectivity index (χ3n) is 6.81. The molecule has 2 heterocycles. The molecule has 9 nitrogen and oxygen atoms in total. The summed E-state index contributed by atoms with van der Waals surface area (Å²) in [6.07, 6.45) is 10.1. The smallest absolute Gasteiger partial charge is 0.244 e. The van der Waals surface area contributed by atoms with Gasteiger partial charge in [0.15, 0.2) is 0 Å². The molecule has 2 unspecified atom stereocenters. The van der Waals surface area contributed by atoms with E-state index < -0.39 is 15.8 Å². The second kappa shape index (κ2) is 7.98. The van der Waals surface area contributed by atoms with Gasteiger partial charge < -0.3 is 9.09 Å². The van der Waals surface area contributed by atoms with Gasteiger partial charge in [0.05, 0.1) is 0 Å². The molecule has 3 aromatic rings. The number of halogens is 1. The fourth-order valence-electron chi connectivity index (χ4n) is 4.79. The highest BCUT2D eigenvalue weighted by molar-refractivity contribution is 7.89. The molecule has 1 aromatic carbocycles. The lowest BCUT2D eigenvalue weighted by Crippen LogP contribution is -2.39. The topological polar surface area (TPSA) is 116 Å². The van der Waals surface area contributed by atoms with Gasteiger partial charge >= 0.3 is 0 Å². The van der Waals surface area contributed by atoms with Gasteiger partial charge in [0.1, 0.15) is 23.4 Å². The van der Waals surface area contributed by atoms with Gasteiger partial charge in [-0.05, 0) is 75.0 Å². The minimum atomic E-state index is -4.05. The number of aromatic nitrogens is 5. The Kier molecular flexibility index (Phi) is 5.06. The van der Waals surface area contributed by atoms with Crippen LogP contribution in [0.4, 0.5) is 4.39 Å². The van der Waals surface area contributed by atoms with Crippen molar-refractivity contribution in [2.75, 3.05) is 0 Å². The highest BCUT2D eigenvalue weighted by Crippen LogP contribution is 2.45. The van der Waals surface area contributed by atoms with E-state index in [9.17, 15) is 8.42 Å². The minimum absolute atomic E-state index is 0.0250. The van der Waals surface area contributed by atoms with Crippen molar-refractivity contribution in [1.82, 2.24) is 29.6 Å². The number of nitrogens with zero attached hydrogens (tertiary/aromatic N) is 5. The van der Waals surface area contributed by atoms with Gasteiger partial charge in [-0.15, -0.1) is 10.2 Å². The largest absolute Gasteiger partial charge is 0.339 e. The van der Waals surface area contributed by atoms with E-state index >= 15 is 4.39 Å². The molecule has 0 bridgehead atoms. The molecule has 1 N–H and O–H groups in total. The Hall–Kier alpha value is -2.66. The van der Waals surface area contributed by atoms with E-state index in [1.165, 1.54) is 6.07 Å². The Labute approximate surface area is 190 Å². The van der Waals surface area contributed by atoms with Gasteiger partial charge in [-0.1, -0.05) is 5.16 Å². The SMILES string of the molecule is O=S(=O)(NC1CCCC(n2cnnc2)C1)c1c(F)cc(-c2noc(C3CC3)n2)cc1C1CC1. The van der Waals surface area contributed by atoms with Gasteiger partial charge in [-0.2, -0.15) is 4.98 Å². The lowest BCUT2D eigenvalue weighted by Gasteiger charge is -2.30. The molecule has 3 aliphatic carbocycles. The molecule has 3 aliphatic rings. The normalized spacial score (nSPS) is 23.7. The first-order valence-corrected chi connectivity index (χ1v) is 13.0. The summed E-state index contributed by atoms with van der Waals surface area (Å²) < 4.78 is 52.2. The van der Waals surface area contributed by atoms with Crippen LogP contribution < -0.4 is 4.72 Å². The number of hydrogen-bond donors (Lipinski definition) is 1. The molecule has 0 amide bonds. The maximum atomic E-state index is 15.4. The molecular formula is C22H25FN6O3S. The first-order valence-electron chi connectivity index (χ1n) is 11.5. The van der Waals surface area contributed by atoms with Crippen molar-refractivity contribution in [3.63, 3.8) is 0 Å². The Morgan fingerprint density at radius 1 is 1.03 bits per heavy atom. The zero-order valence-electron chi connectivity index (χ0n) is 18.0. The average Bonchev–Trinajstić information content (AvgIpc) is 3.71. The van der Waals surface area contributed by atoms with Crippen molar-refractivity contribution in [1.29, 1.82) is 0 Å². The Morgan fingerprint density at radius 2 is 1.79 bits per heavy atom. The highest BCUT2D eigenvalue weighted by Gasteiger charge is 2.36. The van der Waals surface area contributed by atoms with Gasteiger partial charge in [0.25, 0.3) is 0 Å². The third kappa shape index (κ3) is 4.19. The van der Waals surface area contributed by atoms with Gasteiger partial charge in [0, 0.05) is 23.6 Å². The van der Waals surface area contributed by atoms with Gasteiger partial charge in [-0.3, -0.25) is 0 Å². The molecule has 0 aliphatic heterocycles. The second-order valence-electron chi connectivity index (χ2n) is 9.43. The summed E-state index contributed by atoms with van der Waals surface area (Å²) in [5.41, 5.74) is 0.954. The van der Waals surface area contributed by atoms with Crippen LogP contribution in [0.2, 0.25) is 0 Å². The first-order chi connectivity index (χ1) is 16.0. The number of rotatable bonds is 7. The summed E-state index contributed by atoms with van der Waals surface area (Å²) in [5, 5.41) is 11.7. The second-order valence-corrected chi connectivity index (χ2v) is 11.1. The number of benzene rings is 1. The quantitative estimate of drug-likeness (QED) is 0.557. The fraction of sp³-hybridized carbons (Fsp3) is 0.545. The van der Waals surface area contributed by atoms with Crippen LogP contribution in [0.15, 0.2) is 34.2 Å². The van der Waals surface area contributed by atoms with Crippen LogP contribution in [0, 0.1) is 5.82 Å². The zero-order chi connectivity index (χ0) is 22.6. The molecule has 0 saturated heterocycles. The molecule has 2 aromatic heterocycles. The Balaban J connectivity index is 1.29. The van der Waals surface area contributed by atoms with Crippen molar-refractivity contribution >= 4 is 10.0 Å². The van der Waals surface area contributed by atoms with E-state index in [1.54, 1.807) is 18.7 Å². The van der Waals surface area contributed by atoms with E-state index in [1.807, 2.05) is 4.57 Å². The van der Waals surface area contributed by atoms with Crippen LogP contribution >= 0.6 is 0 Å². The molecule has 11 heteroatoms. The number of sulfonamides is 1. The van der Waals surface area contributed by atoms with E-state index in [0.717, 1.165) is 38.5 Å². The molecule has 0 radical (unpaired) electrons. The third-order valence-corrected chi connectivity index (χ3v) is 8.42. The van der Waals surface area contributed by atoms with Crippen LogP contribution in [0.1, 0.15) is 80.7 Å². The molecule has 174 valence electrons. The van der Waals surface area contributed by atoms with Crippen molar-refractivity contribution in [2.45, 2.75) is 80.2 Å². The summed E-state index contributed by atoms with van der Waals surface area (Å²) in [5.74, 6) is 0.415. The predicted molar refractivity (Wildman–Crippen MR) is 115 cm³/mol. The molecule has 2 atom stereocenters. The van der Waals surface area contributed by atoms with E-state index in [2.05, 4.69) is 25.1 Å². The maximum Gasteiger partial charge on any atom is 0.244 e. The van der Waals surface area contributed by atoms with Crippen molar-refractivity contribution in [3.8, 4) is 11.4 Å². The van der Waals surface area contributed by atoms with E-state index in [-0.39, 0.29) is 22.9 Å². The van der Waals surface area contributed by atoms with E-state index in [0.29, 0.717) is 41.6 Å². The monoisotopic (exact) mass is 472 g/mol. The summed E-state index contributed by atoms with van der Waals surface area (Å²) in [7, 11) is -4.05. The Bertz CT molecular complexity index is 1270.